The zero-order valence-electron chi connectivity index (χ0n) is 10.7. The van der Waals surface area contributed by atoms with Gasteiger partial charge in [0, 0.05) is 20.8 Å². The van der Waals surface area contributed by atoms with Crippen molar-refractivity contribution in [2.24, 2.45) is 0 Å². The summed E-state index contributed by atoms with van der Waals surface area (Å²) >= 11 is 0. The highest BCUT2D eigenvalue weighted by Crippen LogP contribution is 1.85. The van der Waals surface area contributed by atoms with Gasteiger partial charge in [0.15, 0.2) is 0 Å². The summed E-state index contributed by atoms with van der Waals surface area (Å²) in [5.74, 6) is -2.50. The van der Waals surface area contributed by atoms with Crippen LogP contribution in [-0.4, -0.2) is 59.7 Å². The zero-order valence-corrected chi connectivity index (χ0v) is 10.7. The van der Waals surface area contributed by atoms with Crippen LogP contribution in [-0.2, 0) is 23.9 Å². The second kappa shape index (κ2) is 17.7. The molecule has 1 aliphatic heterocycles. The summed E-state index contributed by atoms with van der Waals surface area (Å²) in [6.07, 6.45) is 0. The van der Waals surface area contributed by atoms with Crippen molar-refractivity contribution in [2.45, 2.75) is 20.8 Å². The van der Waals surface area contributed by atoms with Gasteiger partial charge in [0.2, 0.25) is 0 Å². The third-order valence-corrected chi connectivity index (χ3v) is 0.744. The highest BCUT2D eigenvalue weighted by molar-refractivity contribution is 5.63. The molecule has 0 amide bonds. The fourth-order valence-corrected chi connectivity index (χ4v) is 0.440. The first-order valence-electron chi connectivity index (χ1n) is 4.94. The van der Waals surface area contributed by atoms with Crippen LogP contribution in [0.25, 0.3) is 0 Å². The van der Waals surface area contributed by atoms with Crippen LogP contribution >= 0.6 is 0 Å². The number of rotatable bonds is 0. The number of aliphatic carboxylic acids is 3. The van der Waals surface area contributed by atoms with Crippen LogP contribution in [0.4, 0.5) is 0 Å². The van der Waals surface area contributed by atoms with Gasteiger partial charge >= 0.3 is 0 Å². The van der Waals surface area contributed by atoms with E-state index in [4.69, 9.17) is 39.2 Å². The number of carboxylic acids is 3. The third kappa shape index (κ3) is 136. The van der Waals surface area contributed by atoms with Crippen molar-refractivity contribution in [2.75, 3.05) is 26.4 Å². The fourth-order valence-electron chi connectivity index (χ4n) is 0.440. The number of hydrogen-bond donors (Lipinski definition) is 3. The molecule has 0 saturated carbocycles. The Kier molecular flexibility index (Phi) is 21.3. The molecule has 0 spiro atoms. The van der Waals surface area contributed by atoms with Gasteiger partial charge in [-0.15, -0.1) is 0 Å². The molecule has 0 radical (unpaired) electrons. The smallest absolute Gasteiger partial charge is 0.300 e. The second-order valence-electron chi connectivity index (χ2n) is 2.78. The van der Waals surface area contributed by atoms with E-state index in [1.165, 1.54) is 0 Å². The third-order valence-electron chi connectivity index (χ3n) is 0.744. The molecular weight excluding hydrogens is 248 g/mol. The summed E-state index contributed by atoms with van der Waals surface area (Å²) in [7, 11) is 0. The minimum Gasteiger partial charge on any atom is -0.481 e. The number of hydrogen-bond acceptors (Lipinski definition) is 5. The van der Waals surface area contributed by atoms with E-state index in [0.717, 1.165) is 47.2 Å². The first-order valence-corrected chi connectivity index (χ1v) is 4.94. The van der Waals surface area contributed by atoms with Gasteiger partial charge in [-0.25, -0.2) is 0 Å². The van der Waals surface area contributed by atoms with Gasteiger partial charge in [0.1, 0.15) is 0 Å². The van der Waals surface area contributed by atoms with Gasteiger partial charge in [-0.2, -0.15) is 0 Å². The zero-order chi connectivity index (χ0) is 15.0. The van der Waals surface area contributed by atoms with Crippen molar-refractivity contribution in [3.05, 3.63) is 0 Å². The van der Waals surface area contributed by atoms with Crippen molar-refractivity contribution < 1.29 is 39.2 Å². The van der Waals surface area contributed by atoms with E-state index in [0.29, 0.717) is 0 Å². The fraction of sp³-hybridized carbons (Fsp3) is 0.700. The van der Waals surface area contributed by atoms with E-state index in [1.807, 2.05) is 0 Å². The molecule has 1 saturated heterocycles. The molecule has 3 N–H and O–H groups in total. The van der Waals surface area contributed by atoms with Gasteiger partial charge in [-0.1, -0.05) is 0 Å². The van der Waals surface area contributed by atoms with Crippen molar-refractivity contribution in [1.29, 1.82) is 0 Å². The van der Waals surface area contributed by atoms with E-state index in [9.17, 15) is 0 Å². The van der Waals surface area contributed by atoms with Crippen LogP contribution in [0.1, 0.15) is 20.8 Å². The summed E-state index contributed by atoms with van der Waals surface area (Å²) in [5.41, 5.74) is 0. The van der Waals surface area contributed by atoms with Crippen molar-refractivity contribution in [1.82, 2.24) is 0 Å². The molecule has 0 aliphatic carbocycles. The molecule has 18 heavy (non-hydrogen) atoms. The van der Waals surface area contributed by atoms with Crippen molar-refractivity contribution in [3.63, 3.8) is 0 Å². The van der Waals surface area contributed by atoms with Gasteiger partial charge in [-0.05, 0) is 0 Å². The summed E-state index contributed by atoms with van der Waals surface area (Å²) < 4.78 is 9.89. The lowest BCUT2D eigenvalue weighted by Crippen LogP contribution is -2.16. The maximum atomic E-state index is 9.00. The Morgan fingerprint density at radius 1 is 0.667 bits per heavy atom. The van der Waals surface area contributed by atoms with Crippen molar-refractivity contribution in [3.8, 4) is 0 Å². The molecule has 0 atom stereocenters. The first-order chi connectivity index (χ1) is 8.20. The number of carboxylic acid groups (broad SMARTS) is 3. The molecule has 1 aliphatic rings. The molecule has 1 heterocycles. The predicted octanol–water partition coefficient (Wildman–Crippen LogP) is 0.306. The number of carbonyl (C=O) groups is 3. The Balaban J connectivity index is -0.000000171. The Labute approximate surface area is 105 Å². The predicted molar refractivity (Wildman–Crippen MR) is 61.6 cm³/mol. The molecule has 0 bridgehead atoms. The lowest BCUT2D eigenvalue weighted by Gasteiger charge is -2.09. The first kappa shape index (κ1) is 21.6. The van der Waals surface area contributed by atoms with Crippen molar-refractivity contribution >= 4 is 17.9 Å². The molecule has 0 aromatic carbocycles. The minimum absolute atomic E-state index is 0.778. The number of ether oxygens (including phenoxy) is 2. The van der Waals surface area contributed by atoms with E-state index >= 15 is 0 Å². The second-order valence-corrected chi connectivity index (χ2v) is 2.78. The monoisotopic (exact) mass is 268 g/mol. The average Bonchev–Trinajstić information content (AvgIpc) is 2.17. The lowest BCUT2D eigenvalue weighted by atomic mass is 10.6. The van der Waals surface area contributed by atoms with Crippen LogP contribution in [0, 0.1) is 0 Å². The van der Waals surface area contributed by atoms with Gasteiger partial charge < -0.3 is 24.8 Å². The van der Waals surface area contributed by atoms with E-state index in [2.05, 4.69) is 0 Å². The van der Waals surface area contributed by atoms with Crippen LogP contribution in [0.3, 0.4) is 0 Å². The van der Waals surface area contributed by atoms with Gasteiger partial charge in [0.05, 0.1) is 26.4 Å². The Bertz CT molecular complexity index is 170. The average molecular weight is 268 g/mol. The Morgan fingerprint density at radius 3 is 0.833 bits per heavy atom. The van der Waals surface area contributed by atoms with Crippen LogP contribution in [0.5, 0.6) is 0 Å². The highest BCUT2D eigenvalue weighted by Gasteiger charge is 1.94. The van der Waals surface area contributed by atoms with Gasteiger partial charge in [-0.3, -0.25) is 14.4 Å². The molecule has 0 aromatic rings. The molecule has 8 nitrogen and oxygen atoms in total. The maximum Gasteiger partial charge on any atom is 0.300 e. The SMILES string of the molecule is C1COCCO1.CC(=O)O.CC(=O)O.CC(=O)O. The quantitative estimate of drug-likeness (QED) is 0.572. The standard InChI is InChI=1S/C4H8O2.3C2H4O2/c1-2-6-4-3-5-1;3*1-2(3)4/h1-4H2;3*1H3,(H,3,4). The topological polar surface area (TPSA) is 130 Å². The summed E-state index contributed by atoms with van der Waals surface area (Å²) in [4.78, 5) is 27.0. The van der Waals surface area contributed by atoms with E-state index in [-0.39, 0.29) is 0 Å². The molecule has 1 fully saturated rings. The molecule has 1 rings (SSSR count). The van der Waals surface area contributed by atoms with E-state index < -0.39 is 17.9 Å². The Morgan fingerprint density at radius 2 is 0.778 bits per heavy atom. The Hall–Kier alpha value is -1.67. The normalized spacial score (nSPS) is 12.2. The molecule has 108 valence electrons. The lowest BCUT2D eigenvalue weighted by molar-refractivity contribution is -0.135. The molecular formula is C10H20O8. The van der Waals surface area contributed by atoms with Crippen LogP contribution in [0.15, 0.2) is 0 Å². The van der Waals surface area contributed by atoms with Crippen LogP contribution in [0.2, 0.25) is 0 Å². The highest BCUT2D eigenvalue weighted by atomic mass is 16.6. The minimum atomic E-state index is -0.833. The molecule has 0 aromatic heterocycles. The van der Waals surface area contributed by atoms with Gasteiger partial charge in [0.25, 0.3) is 17.9 Å². The molecule has 8 heteroatoms. The summed E-state index contributed by atoms with van der Waals surface area (Å²) in [5, 5.41) is 22.2. The molecule has 0 unspecified atom stereocenters. The summed E-state index contributed by atoms with van der Waals surface area (Å²) in [6, 6.07) is 0. The van der Waals surface area contributed by atoms with E-state index in [1.54, 1.807) is 0 Å². The largest absolute Gasteiger partial charge is 0.481 e. The maximum absolute atomic E-state index is 9.00. The summed E-state index contributed by atoms with van der Waals surface area (Å²) in [6.45, 7) is 6.36. The van der Waals surface area contributed by atoms with Crippen LogP contribution < -0.4 is 0 Å².